The Bertz CT molecular complexity index is 937. The molecule has 1 amide bonds. The first-order valence-corrected chi connectivity index (χ1v) is 11.3. The molecular weight excluding hydrogens is 376 g/mol. The topological polar surface area (TPSA) is 59.4 Å². The molecule has 1 N–H and O–H groups in total. The summed E-state index contributed by atoms with van der Waals surface area (Å²) in [6, 6.07) is 8.94. The number of carbonyl (C=O) groups is 1. The van der Waals surface area contributed by atoms with Crippen LogP contribution in [0.5, 0.6) is 0 Å². The first kappa shape index (κ1) is 19.6. The molecule has 2 aromatic rings. The average molecular weight is 409 g/mol. The highest BCUT2D eigenvalue weighted by Crippen LogP contribution is 2.38. The number of amides is 1. The molecule has 0 radical (unpaired) electrons. The van der Waals surface area contributed by atoms with E-state index < -0.39 is 5.60 Å². The van der Waals surface area contributed by atoms with Crippen molar-refractivity contribution in [2.24, 2.45) is 0 Å². The molecule has 1 aromatic carbocycles. The second-order valence-electron chi connectivity index (χ2n) is 9.83. The molecule has 30 heavy (non-hydrogen) atoms. The van der Waals surface area contributed by atoms with Crippen molar-refractivity contribution in [2.45, 2.75) is 70.4 Å². The van der Waals surface area contributed by atoms with E-state index in [9.17, 15) is 4.79 Å². The van der Waals surface area contributed by atoms with Crippen LogP contribution in [-0.2, 0) is 17.6 Å². The number of benzene rings is 1. The summed E-state index contributed by atoms with van der Waals surface area (Å²) in [5, 5.41) is 8.50. The number of aromatic nitrogens is 2. The Labute approximate surface area is 178 Å². The maximum Gasteiger partial charge on any atom is 0.410 e. The van der Waals surface area contributed by atoms with E-state index in [2.05, 4.69) is 34.3 Å². The van der Waals surface area contributed by atoms with Crippen LogP contribution in [0.1, 0.15) is 74.5 Å². The summed E-state index contributed by atoms with van der Waals surface area (Å²) in [5.74, 6) is 0.740. The van der Waals surface area contributed by atoms with E-state index in [1.54, 1.807) is 0 Å². The minimum absolute atomic E-state index is 0.0240. The molecule has 3 heterocycles. The number of ether oxygens (including phenoxy) is 1. The summed E-state index contributed by atoms with van der Waals surface area (Å²) in [5.41, 5.74) is 5.65. The van der Waals surface area contributed by atoms with Crippen molar-refractivity contribution in [3.63, 3.8) is 0 Å². The van der Waals surface area contributed by atoms with Gasteiger partial charge in [0.1, 0.15) is 5.60 Å². The summed E-state index contributed by atoms with van der Waals surface area (Å²) < 4.78 is 7.83. The SMILES string of the molecule is CC(C)(C)OC(=O)N1CCc2c3c(nn2-c2ccc(C4CCC4)cc2)CCNC[C@@H]31. The van der Waals surface area contributed by atoms with Crippen molar-refractivity contribution in [1.29, 1.82) is 0 Å². The summed E-state index contributed by atoms with van der Waals surface area (Å²) in [4.78, 5) is 14.8. The minimum Gasteiger partial charge on any atom is -0.444 e. The van der Waals surface area contributed by atoms with Crippen LogP contribution in [0.2, 0.25) is 0 Å². The monoisotopic (exact) mass is 408 g/mol. The third-order valence-electron chi connectivity index (χ3n) is 6.62. The van der Waals surface area contributed by atoms with Crippen LogP contribution in [0.15, 0.2) is 24.3 Å². The van der Waals surface area contributed by atoms with Gasteiger partial charge in [-0.1, -0.05) is 18.6 Å². The molecule has 0 bridgehead atoms. The van der Waals surface area contributed by atoms with Gasteiger partial charge >= 0.3 is 6.09 Å². The number of hydrogen-bond acceptors (Lipinski definition) is 4. The number of carbonyl (C=O) groups excluding carboxylic acids is 1. The highest BCUT2D eigenvalue weighted by Gasteiger charge is 2.39. The maximum absolute atomic E-state index is 12.9. The van der Waals surface area contributed by atoms with Crippen LogP contribution >= 0.6 is 0 Å². The fraction of sp³-hybridized carbons (Fsp3) is 0.583. The molecule has 0 saturated heterocycles. The van der Waals surface area contributed by atoms with Gasteiger partial charge in [0.05, 0.1) is 23.1 Å². The smallest absolute Gasteiger partial charge is 0.410 e. The lowest BCUT2D eigenvalue weighted by Gasteiger charge is -2.36. The molecule has 5 rings (SSSR count). The van der Waals surface area contributed by atoms with Gasteiger partial charge in [-0.05, 0) is 57.2 Å². The fourth-order valence-corrected chi connectivity index (χ4v) is 4.90. The molecule has 0 spiro atoms. The summed E-state index contributed by atoms with van der Waals surface area (Å²) >= 11 is 0. The lowest BCUT2D eigenvalue weighted by Crippen LogP contribution is -2.46. The maximum atomic E-state index is 12.9. The highest BCUT2D eigenvalue weighted by atomic mass is 16.6. The number of nitrogens with one attached hydrogen (secondary N) is 1. The molecule has 1 saturated carbocycles. The predicted molar refractivity (Wildman–Crippen MR) is 116 cm³/mol. The summed E-state index contributed by atoms with van der Waals surface area (Å²) in [6.45, 7) is 8.03. The van der Waals surface area contributed by atoms with E-state index in [0.29, 0.717) is 6.54 Å². The van der Waals surface area contributed by atoms with E-state index in [1.165, 1.54) is 36.1 Å². The molecule has 1 aliphatic carbocycles. The highest BCUT2D eigenvalue weighted by molar-refractivity contribution is 5.70. The molecule has 160 valence electrons. The Morgan fingerprint density at radius 2 is 1.93 bits per heavy atom. The Morgan fingerprint density at radius 3 is 2.60 bits per heavy atom. The van der Waals surface area contributed by atoms with Crippen LogP contribution in [-0.4, -0.2) is 46.0 Å². The van der Waals surface area contributed by atoms with E-state index in [1.807, 2.05) is 25.7 Å². The Kier molecular flexibility index (Phi) is 4.85. The molecule has 2 aliphatic heterocycles. The van der Waals surface area contributed by atoms with E-state index >= 15 is 0 Å². The second kappa shape index (κ2) is 7.41. The molecule has 1 atom stereocenters. The first-order valence-electron chi connectivity index (χ1n) is 11.3. The van der Waals surface area contributed by atoms with Gasteiger partial charge in [-0.3, -0.25) is 4.90 Å². The normalized spacial score (nSPS) is 21.6. The van der Waals surface area contributed by atoms with Crippen LogP contribution in [0, 0.1) is 0 Å². The van der Waals surface area contributed by atoms with Crippen LogP contribution in [0.3, 0.4) is 0 Å². The van der Waals surface area contributed by atoms with Gasteiger partial charge in [-0.15, -0.1) is 0 Å². The van der Waals surface area contributed by atoms with Gasteiger partial charge in [0.2, 0.25) is 0 Å². The van der Waals surface area contributed by atoms with Gasteiger partial charge in [0, 0.05) is 38.0 Å². The molecule has 1 aromatic heterocycles. The number of rotatable bonds is 2. The minimum atomic E-state index is -0.495. The van der Waals surface area contributed by atoms with Gasteiger partial charge in [-0.2, -0.15) is 5.10 Å². The van der Waals surface area contributed by atoms with Gasteiger partial charge in [-0.25, -0.2) is 9.48 Å². The number of nitrogens with zero attached hydrogens (tertiary/aromatic N) is 3. The van der Waals surface area contributed by atoms with Gasteiger partial charge in [0.15, 0.2) is 0 Å². The first-order chi connectivity index (χ1) is 14.4. The lowest BCUT2D eigenvalue weighted by atomic mass is 9.80. The van der Waals surface area contributed by atoms with Crippen LogP contribution < -0.4 is 5.32 Å². The molecule has 1 fully saturated rings. The standard InChI is InChI=1S/C24H32N4O2/c1-24(2,3)30-23(29)27-14-12-20-22-19(11-13-25-15-21(22)27)26-28(20)18-9-7-17(8-10-18)16-5-4-6-16/h7-10,16,21,25H,4-6,11-15H2,1-3H3/t21-/m0/s1. The zero-order valence-corrected chi connectivity index (χ0v) is 18.3. The van der Waals surface area contributed by atoms with Gasteiger partial charge in [0.25, 0.3) is 0 Å². The Balaban J connectivity index is 1.48. The van der Waals surface area contributed by atoms with Crippen molar-refractivity contribution < 1.29 is 9.53 Å². The Hall–Kier alpha value is -2.34. The van der Waals surface area contributed by atoms with Crippen molar-refractivity contribution in [3.05, 3.63) is 46.8 Å². The van der Waals surface area contributed by atoms with Crippen LogP contribution in [0.4, 0.5) is 4.79 Å². The average Bonchev–Trinajstić information content (AvgIpc) is 2.88. The second-order valence-corrected chi connectivity index (χ2v) is 9.83. The van der Waals surface area contributed by atoms with Crippen molar-refractivity contribution >= 4 is 6.09 Å². The van der Waals surface area contributed by atoms with Gasteiger partial charge < -0.3 is 10.1 Å². The zero-order chi connectivity index (χ0) is 20.9. The molecule has 6 heteroatoms. The predicted octanol–water partition coefficient (Wildman–Crippen LogP) is 4.12. The zero-order valence-electron chi connectivity index (χ0n) is 18.3. The molecule has 3 aliphatic rings. The molecule has 0 unspecified atom stereocenters. The van der Waals surface area contributed by atoms with Crippen LogP contribution in [0.25, 0.3) is 5.69 Å². The Morgan fingerprint density at radius 1 is 1.17 bits per heavy atom. The number of hydrogen-bond donors (Lipinski definition) is 1. The summed E-state index contributed by atoms with van der Waals surface area (Å²) in [7, 11) is 0. The lowest BCUT2D eigenvalue weighted by molar-refractivity contribution is 0.0142. The molecule has 6 nitrogen and oxygen atoms in total. The van der Waals surface area contributed by atoms with Crippen molar-refractivity contribution in [1.82, 2.24) is 20.0 Å². The van der Waals surface area contributed by atoms with Crippen molar-refractivity contribution in [3.8, 4) is 5.69 Å². The third-order valence-corrected chi connectivity index (χ3v) is 6.62. The quantitative estimate of drug-likeness (QED) is 0.812. The summed E-state index contributed by atoms with van der Waals surface area (Å²) in [6.07, 6.45) is 5.43. The fourth-order valence-electron chi connectivity index (χ4n) is 4.90. The van der Waals surface area contributed by atoms with E-state index in [-0.39, 0.29) is 12.1 Å². The van der Waals surface area contributed by atoms with Crippen molar-refractivity contribution in [2.75, 3.05) is 19.6 Å². The van der Waals surface area contributed by atoms with E-state index in [0.717, 1.165) is 43.2 Å². The third kappa shape index (κ3) is 3.51. The molecular formula is C24H32N4O2. The van der Waals surface area contributed by atoms with E-state index in [4.69, 9.17) is 9.84 Å². The largest absolute Gasteiger partial charge is 0.444 e.